The number of aromatic nitrogens is 2. The maximum absolute atomic E-state index is 13.2. The molecule has 1 fully saturated rings. The molecule has 2 atom stereocenters. The van der Waals surface area contributed by atoms with Gasteiger partial charge in [-0.3, -0.25) is 9.78 Å². The molecule has 29 heavy (non-hydrogen) atoms. The number of rotatable bonds is 3. The van der Waals surface area contributed by atoms with Gasteiger partial charge in [0.25, 0.3) is 5.56 Å². The first-order valence-electron chi connectivity index (χ1n) is 9.73. The summed E-state index contributed by atoms with van der Waals surface area (Å²) in [6.07, 6.45) is 4.39. The first-order chi connectivity index (χ1) is 14.0. The lowest BCUT2D eigenvalue weighted by molar-refractivity contribution is 0.187. The minimum Gasteiger partial charge on any atom is -0.311 e. The summed E-state index contributed by atoms with van der Waals surface area (Å²) in [6.45, 7) is 1.36. The van der Waals surface area contributed by atoms with Crippen LogP contribution in [0.25, 0.3) is 11.1 Å². The summed E-state index contributed by atoms with van der Waals surface area (Å²) in [5.74, 6) is 0.103. The Hall–Kier alpha value is -2.77. The van der Waals surface area contributed by atoms with Crippen molar-refractivity contribution in [3.05, 3.63) is 83.0 Å². The molecule has 2 aromatic heterocycles. The van der Waals surface area contributed by atoms with Crippen LogP contribution in [-0.4, -0.2) is 35.4 Å². The average molecular weight is 407 g/mol. The van der Waals surface area contributed by atoms with Crippen LogP contribution in [0.1, 0.15) is 18.0 Å². The molecule has 5 rings (SSSR count). The van der Waals surface area contributed by atoms with Crippen molar-refractivity contribution in [3.8, 4) is 11.1 Å². The number of fused-ring (bicyclic) bond motifs is 4. The van der Waals surface area contributed by atoms with Crippen molar-refractivity contribution in [3.63, 3.8) is 0 Å². The molecule has 2 aliphatic rings. The molecule has 0 N–H and O–H groups in total. The highest BCUT2D eigenvalue weighted by atomic mass is 32.2. The molecule has 6 nitrogen and oxygen atoms in total. The average Bonchev–Trinajstić information content (AvgIpc) is 2.75. The van der Waals surface area contributed by atoms with Gasteiger partial charge in [-0.2, -0.15) is 4.31 Å². The lowest BCUT2D eigenvalue weighted by atomic mass is 9.81. The van der Waals surface area contributed by atoms with Crippen molar-refractivity contribution in [2.45, 2.75) is 23.8 Å². The molecular weight excluding hydrogens is 386 g/mol. The molecule has 4 heterocycles. The Labute approximate surface area is 169 Å². The Balaban J connectivity index is 1.59. The summed E-state index contributed by atoms with van der Waals surface area (Å²) >= 11 is 0. The molecule has 0 amide bonds. The zero-order valence-electron chi connectivity index (χ0n) is 15.8. The second-order valence-corrected chi connectivity index (χ2v) is 9.69. The highest BCUT2D eigenvalue weighted by molar-refractivity contribution is 7.89. The fourth-order valence-corrected chi connectivity index (χ4v) is 6.26. The molecule has 0 spiro atoms. The summed E-state index contributed by atoms with van der Waals surface area (Å²) in [5.41, 5.74) is 2.80. The number of pyridine rings is 2. The van der Waals surface area contributed by atoms with Crippen LogP contribution in [-0.2, 0) is 16.6 Å². The standard InChI is InChI=1S/C22H21N3O3S/c26-21-9-8-20(17-5-4-10-23-12-17)22-18-11-16(14-25(21)22)13-24(15-18)29(27,28)19-6-2-1-3-7-19/h1-10,12,16,18H,11,13-15H2. The molecule has 2 aliphatic heterocycles. The van der Waals surface area contributed by atoms with Gasteiger partial charge >= 0.3 is 0 Å². The van der Waals surface area contributed by atoms with E-state index in [1.54, 1.807) is 47.0 Å². The van der Waals surface area contributed by atoms with Crippen molar-refractivity contribution < 1.29 is 8.42 Å². The van der Waals surface area contributed by atoms with Crippen molar-refractivity contribution in [2.24, 2.45) is 5.92 Å². The monoisotopic (exact) mass is 407 g/mol. The van der Waals surface area contributed by atoms with Gasteiger partial charge in [-0.1, -0.05) is 24.3 Å². The van der Waals surface area contributed by atoms with Gasteiger partial charge in [0.1, 0.15) is 0 Å². The number of sulfonamides is 1. The zero-order valence-corrected chi connectivity index (χ0v) is 16.6. The lowest BCUT2D eigenvalue weighted by Crippen LogP contribution is -2.49. The molecule has 0 aliphatic carbocycles. The minimum absolute atomic E-state index is 0.0231. The van der Waals surface area contributed by atoms with Crippen LogP contribution in [0.5, 0.6) is 0 Å². The maximum atomic E-state index is 13.2. The molecule has 148 valence electrons. The molecule has 0 saturated carbocycles. The number of hydrogen-bond donors (Lipinski definition) is 0. The fourth-order valence-electron chi connectivity index (χ4n) is 4.68. The first-order valence-corrected chi connectivity index (χ1v) is 11.2. The van der Waals surface area contributed by atoms with Gasteiger partial charge in [0.2, 0.25) is 10.0 Å². The summed E-state index contributed by atoms with van der Waals surface area (Å²) in [4.78, 5) is 17.1. The van der Waals surface area contributed by atoms with E-state index in [1.807, 2.05) is 28.8 Å². The van der Waals surface area contributed by atoms with E-state index >= 15 is 0 Å². The van der Waals surface area contributed by atoms with E-state index in [9.17, 15) is 13.2 Å². The van der Waals surface area contributed by atoms with Crippen LogP contribution in [0.15, 0.2) is 76.7 Å². The summed E-state index contributed by atoms with van der Waals surface area (Å²) in [7, 11) is -3.56. The Morgan fingerprint density at radius 3 is 2.52 bits per heavy atom. The molecule has 0 radical (unpaired) electrons. The Morgan fingerprint density at radius 2 is 1.76 bits per heavy atom. The van der Waals surface area contributed by atoms with Gasteiger partial charge in [0, 0.05) is 60.8 Å². The molecule has 1 saturated heterocycles. The topological polar surface area (TPSA) is 72.3 Å². The van der Waals surface area contributed by atoms with Crippen LogP contribution in [0.2, 0.25) is 0 Å². The van der Waals surface area contributed by atoms with Gasteiger partial charge in [-0.05, 0) is 36.6 Å². The molecular formula is C22H21N3O3S. The highest BCUT2D eigenvalue weighted by Crippen LogP contribution is 2.41. The zero-order chi connectivity index (χ0) is 20.0. The number of nitrogens with zero attached hydrogens (tertiary/aromatic N) is 3. The predicted molar refractivity (Wildman–Crippen MR) is 110 cm³/mol. The third-order valence-corrected chi connectivity index (χ3v) is 7.76. The van der Waals surface area contributed by atoms with Crippen LogP contribution in [0.4, 0.5) is 0 Å². The summed E-state index contributed by atoms with van der Waals surface area (Å²) in [5, 5.41) is 0. The van der Waals surface area contributed by atoms with E-state index in [0.29, 0.717) is 24.5 Å². The molecule has 3 aromatic rings. The minimum atomic E-state index is -3.56. The number of hydrogen-bond acceptors (Lipinski definition) is 4. The fraction of sp³-hybridized carbons (Fsp3) is 0.273. The van der Waals surface area contributed by atoms with Crippen LogP contribution in [0, 0.1) is 5.92 Å². The van der Waals surface area contributed by atoms with Crippen LogP contribution >= 0.6 is 0 Å². The molecule has 2 unspecified atom stereocenters. The van der Waals surface area contributed by atoms with E-state index in [2.05, 4.69) is 4.98 Å². The second kappa shape index (κ2) is 6.93. The van der Waals surface area contributed by atoms with Gasteiger partial charge < -0.3 is 4.57 Å². The van der Waals surface area contributed by atoms with E-state index in [0.717, 1.165) is 23.2 Å². The Kier molecular flexibility index (Phi) is 4.37. The third kappa shape index (κ3) is 3.10. The van der Waals surface area contributed by atoms with Gasteiger partial charge in [-0.25, -0.2) is 8.42 Å². The van der Waals surface area contributed by atoms with E-state index < -0.39 is 10.0 Å². The van der Waals surface area contributed by atoms with E-state index in [4.69, 9.17) is 0 Å². The Morgan fingerprint density at radius 1 is 0.931 bits per heavy atom. The Bertz CT molecular complexity index is 1210. The SMILES string of the molecule is O=c1ccc(-c2cccnc2)c2n1CC1CC2CN(S(=O)(=O)c2ccccc2)C1. The number of benzene rings is 1. The normalized spacial score (nSPS) is 21.5. The second-order valence-electron chi connectivity index (χ2n) is 7.76. The maximum Gasteiger partial charge on any atom is 0.250 e. The first kappa shape index (κ1) is 18.3. The largest absolute Gasteiger partial charge is 0.311 e. The lowest BCUT2D eigenvalue weighted by Gasteiger charge is -2.42. The third-order valence-electron chi connectivity index (χ3n) is 5.91. The van der Waals surface area contributed by atoms with Crippen molar-refractivity contribution >= 4 is 10.0 Å². The highest BCUT2D eigenvalue weighted by Gasteiger charge is 2.40. The number of piperidine rings is 1. The van der Waals surface area contributed by atoms with Crippen LogP contribution < -0.4 is 5.56 Å². The van der Waals surface area contributed by atoms with Gasteiger partial charge in [0.05, 0.1) is 4.90 Å². The van der Waals surface area contributed by atoms with Gasteiger partial charge in [0.15, 0.2) is 0 Å². The summed E-state index contributed by atoms with van der Waals surface area (Å²) in [6, 6.07) is 15.9. The molecule has 1 aromatic carbocycles. The van der Waals surface area contributed by atoms with E-state index in [1.165, 1.54) is 0 Å². The predicted octanol–water partition coefficient (Wildman–Crippen LogP) is 2.72. The van der Waals surface area contributed by atoms with Crippen molar-refractivity contribution in [1.82, 2.24) is 13.9 Å². The van der Waals surface area contributed by atoms with Crippen molar-refractivity contribution in [2.75, 3.05) is 13.1 Å². The summed E-state index contributed by atoms with van der Waals surface area (Å²) < 4.78 is 29.8. The van der Waals surface area contributed by atoms with E-state index in [-0.39, 0.29) is 17.4 Å². The smallest absolute Gasteiger partial charge is 0.250 e. The molecule has 2 bridgehead atoms. The van der Waals surface area contributed by atoms with Crippen LogP contribution in [0.3, 0.4) is 0 Å². The van der Waals surface area contributed by atoms with Gasteiger partial charge in [-0.15, -0.1) is 0 Å². The molecule has 7 heteroatoms. The van der Waals surface area contributed by atoms with Crippen molar-refractivity contribution in [1.29, 1.82) is 0 Å². The quantitative estimate of drug-likeness (QED) is 0.669.